The fraction of sp³-hybridized carbons (Fsp3) is 0.333. The first kappa shape index (κ1) is 23.8. The second-order valence-electron chi connectivity index (χ2n) is 8.16. The number of aryl methyl sites for hydroxylation is 2. The average molecular weight is 436 g/mol. The Morgan fingerprint density at radius 1 is 0.688 bits per heavy atom. The summed E-state index contributed by atoms with van der Waals surface area (Å²) in [5, 5.41) is 18.6. The van der Waals surface area contributed by atoms with Gasteiger partial charge in [-0.05, 0) is 67.5 Å². The molecule has 3 rings (SSSR count). The molecule has 0 unspecified atom stereocenters. The van der Waals surface area contributed by atoms with Crippen molar-refractivity contribution in [3.63, 3.8) is 0 Å². The van der Waals surface area contributed by atoms with Gasteiger partial charge in [-0.25, -0.2) is 0 Å². The number of ether oxygens (including phenoxy) is 2. The quantitative estimate of drug-likeness (QED) is 0.344. The van der Waals surface area contributed by atoms with Crippen molar-refractivity contribution in [1.82, 2.24) is 0 Å². The van der Waals surface area contributed by atoms with Crippen LogP contribution in [0.3, 0.4) is 0 Å². The third kappa shape index (κ3) is 7.38. The second kappa shape index (κ2) is 12.2. The number of aliphatic hydroxyl groups is 2. The molecule has 0 spiro atoms. The molecule has 4 N–H and O–H groups in total. The molecule has 0 aliphatic carbocycles. The van der Waals surface area contributed by atoms with E-state index in [0.29, 0.717) is 18.8 Å². The van der Waals surface area contributed by atoms with Crippen LogP contribution in [0.15, 0.2) is 78.9 Å². The molecule has 0 aliphatic rings. The summed E-state index contributed by atoms with van der Waals surface area (Å²) in [4.78, 5) is 0. The summed E-state index contributed by atoms with van der Waals surface area (Å²) in [5.41, 5.74) is 7.48. The Labute approximate surface area is 190 Å². The van der Waals surface area contributed by atoms with E-state index in [4.69, 9.17) is 15.2 Å². The molecular weight excluding hydrogens is 402 g/mol. The molecule has 0 bridgehead atoms. The summed E-state index contributed by atoms with van der Waals surface area (Å²) in [6, 6.07) is 26.0. The number of hydrogen-bond donors (Lipinski definition) is 3. The van der Waals surface area contributed by atoms with Gasteiger partial charge in [-0.3, -0.25) is 0 Å². The maximum Gasteiger partial charge on any atom is 0.169 e. The summed E-state index contributed by atoms with van der Waals surface area (Å²) < 4.78 is 12.0. The van der Waals surface area contributed by atoms with E-state index in [2.05, 4.69) is 24.3 Å². The van der Waals surface area contributed by atoms with Gasteiger partial charge in [-0.15, -0.1) is 0 Å². The Kier molecular flexibility index (Phi) is 9.11. The van der Waals surface area contributed by atoms with Crippen LogP contribution in [-0.2, 0) is 12.8 Å². The lowest BCUT2D eigenvalue weighted by Crippen LogP contribution is -2.47. The Bertz CT molecular complexity index is 924. The van der Waals surface area contributed by atoms with E-state index in [1.807, 2.05) is 54.6 Å². The minimum Gasteiger partial charge on any atom is -0.490 e. The Balaban J connectivity index is 1.49. The lowest BCUT2D eigenvalue weighted by Gasteiger charge is -2.24. The molecule has 0 saturated heterocycles. The Hall–Kier alpha value is -2.86. The van der Waals surface area contributed by atoms with Gasteiger partial charge in [0.15, 0.2) is 11.5 Å². The van der Waals surface area contributed by atoms with E-state index in [0.717, 1.165) is 42.7 Å². The third-order valence-electron chi connectivity index (χ3n) is 5.48. The third-order valence-corrected chi connectivity index (χ3v) is 5.48. The predicted octanol–water partition coefficient (Wildman–Crippen LogP) is 4.50. The maximum atomic E-state index is 9.29. The smallest absolute Gasteiger partial charge is 0.169 e. The van der Waals surface area contributed by atoms with Crippen molar-refractivity contribution in [3.8, 4) is 17.2 Å². The van der Waals surface area contributed by atoms with Gasteiger partial charge in [0.2, 0.25) is 0 Å². The van der Waals surface area contributed by atoms with Crippen LogP contribution < -0.4 is 15.2 Å². The zero-order valence-corrected chi connectivity index (χ0v) is 18.5. The molecule has 0 atom stereocenters. The molecule has 0 amide bonds. The fourth-order valence-corrected chi connectivity index (χ4v) is 3.46. The van der Waals surface area contributed by atoms with Gasteiger partial charge in [0, 0.05) is 0 Å². The largest absolute Gasteiger partial charge is 0.490 e. The SMILES string of the molecule is NC(CO)(CO)CCCc1ccc(Oc2ccccc2OCCCc2ccccc2)cc1. The summed E-state index contributed by atoms with van der Waals surface area (Å²) in [6.07, 6.45) is 4.09. The molecule has 3 aromatic carbocycles. The second-order valence-corrected chi connectivity index (χ2v) is 8.16. The summed E-state index contributed by atoms with van der Waals surface area (Å²) >= 11 is 0. The van der Waals surface area contributed by atoms with Crippen LogP contribution in [-0.4, -0.2) is 35.6 Å². The van der Waals surface area contributed by atoms with Gasteiger partial charge in [-0.2, -0.15) is 0 Å². The molecule has 0 aromatic heterocycles. The maximum absolute atomic E-state index is 9.29. The van der Waals surface area contributed by atoms with E-state index in [9.17, 15) is 10.2 Å². The van der Waals surface area contributed by atoms with E-state index in [1.54, 1.807) is 0 Å². The molecular formula is C27H33NO4. The van der Waals surface area contributed by atoms with Crippen molar-refractivity contribution in [2.24, 2.45) is 5.73 Å². The molecule has 0 radical (unpaired) electrons. The average Bonchev–Trinajstić information content (AvgIpc) is 2.84. The Morgan fingerprint density at radius 2 is 1.28 bits per heavy atom. The molecule has 0 heterocycles. The molecule has 32 heavy (non-hydrogen) atoms. The topological polar surface area (TPSA) is 84.9 Å². The number of nitrogens with two attached hydrogens (primary N) is 1. The minimum absolute atomic E-state index is 0.218. The zero-order valence-electron chi connectivity index (χ0n) is 18.5. The van der Waals surface area contributed by atoms with Crippen molar-refractivity contribution >= 4 is 0 Å². The van der Waals surface area contributed by atoms with Crippen LogP contribution in [0.5, 0.6) is 17.2 Å². The van der Waals surface area contributed by atoms with Crippen molar-refractivity contribution in [1.29, 1.82) is 0 Å². The van der Waals surface area contributed by atoms with Gasteiger partial charge < -0.3 is 25.4 Å². The van der Waals surface area contributed by atoms with Crippen LogP contribution in [0.1, 0.15) is 30.4 Å². The first-order valence-electron chi connectivity index (χ1n) is 11.1. The fourth-order valence-electron chi connectivity index (χ4n) is 3.46. The van der Waals surface area contributed by atoms with Crippen molar-refractivity contribution < 1.29 is 19.7 Å². The predicted molar refractivity (Wildman–Crippen MR) is 127 cm³/mol. The number of hydrogen-bond acceptors (Lipinski definition) is 5. The highest BCUT2D eigenvalue weighted by atomic mass is 16.5. The number of aliphatic hydroxyl groups excluding tert-OH is 2. The normalized spacial score (nSPS) is 11.3. The lowest BCUT2D eigenvalue weighted by atomic mass is 9.94. The molecule has 0 fully saturated rings. The van der Waals surface area contributed by atoms with Gasteiger partial charge in [0.05, 0.1) is 25.4 Å². The van der Waals surface area contributed by atoms with Gasteiger partial charge in [0.25, 0.3) is 0 Å². The van der Waals surface area contributed by atoms with Crippen LogP contribution in [0.4, 0.5) is 0 Å². The number of rotatable bonds is 13. The summed E-state index contributed by atoms with van der Waals surface area (Å²) in [7, 11) is 0. The summed E-state index contributed by atoms with van der Waals surface area (Å²) in [5.74, 6) is 2.17. The molecule has 3 aromatic rings. The van der Waals surface area contributed by atoms with Crippen LogP contribution in [0.2, 0.25) is 0 Å². The lowest BCUT2D eigenvalue weighted by molar-refractivity contribution is 0.113. The monoisotopic (exact) mass is 435 g/mol. The van der Waals surface area contributed by atoms with Crippen molar-refractivity contribution in [2.45, 2.75) is 37.6 Å². The van der Waals surface area contributed by atoms with Crippen LogP contribution >= 0.6 is 0 Å². The summed E-state index contributed by atoms with van der Waals surface area (Å²) in [6.45, 7) is 0.187. The highest BCUT2D eigenvalue weighted by molar-refractivity contribution is 5.43. The molecule has 170 valence electrons. The van der Waals surface area contributed by atoms with Gasteiger partial charge in [-0.1, -0.05) is 54.6 Å². The zero-order chi connectivity index (χ0) is 22.7. The van der Waals surface area contributed by atoms with Crippen LogP contribution in [0.25, 0.3) is 0 Å². The first-order chi connectivity index (χ1) is 15.6. The van der Waals surface area contributed by atoms with Crippen molar-refractivity contribution in [3.05, 3.63) is 90.0 Å². The first-order valence-corrected chi connectivity index (χ1v) is 11.1. The van der Waals surface area contributed by atoms with E-state index < -0.39 is 5.54 Å². The molecule has 5 nitrogen and oxygen atoms in total. The highest BCUT2D eigenvalue weighted by Crippen LogP contribution is 2.31. The van der Waals surface area contributed by atoms with E-state index in [-0.39, 0.29) is 13.2 Å². The minimum atomic E-state index is -0.909. The van der Waals surface area contributed by atoms with E-state index in [1.165, 1.54) is 5.56 Å². The highest BCUT2D eigenvalue weighted by Gasteiger charge is 2.22. The standard InChI is InChI=1S/C27H33NO4/c28-27(20-29,21-30)18-6-10-23-14-16-24(17-15-23)32-26-13-5-4-12-25(26)31-19-7-11-22-8-2-1-3-9-22/h1-5,8-9,12-17,29-30H,6-7,10-11,18-21,28H2. The Morgan fingerprint density at radius 3 is 1.97 bits per heavy atom. The van der Waals surface area contributed by atoms with Crippen LogP contribution in [0, 0.1) is 0 Å². The number of benzene rings is 3. The van der Waals surface area contributed by atoms with E-state index >= 15 is 0 Å². The van der Waals surface area contributed by atoms with Crippen molar-refractivity contribution in [2.75, 3.05) is 19.8 Å². The van der Waals surface area contributed by atoms with Gasteiger partial charge in [0.1, 0.15) is 5.75 Å². The molecule has 5 heteroatoms. The van der Waals surface area contributed by atoms with Gasteiger partial charge >= 0.3 is 0 Å². The number of para-hydroxylation sites is 2. The molecule has 0 saturated carbocycles. The molecule has 0 aliphatic heterocycles.